The SMILES string of the molecule is CC(Nc1ccnc2cc(Br)cnc12)c1ccsc1. The van der Waals surface area contributed by atoms with E-state index in [2.05, 4.69) is 55.0 Å². The zero-order valence-electron chi connectivity index (χ0n) is 10.3. The summed E-state index contributed by atoms with van der Waals surface area (Å²) >= 11 is 5.13. The van der Waals surface area contributed by atoms with Crippen molar-refractivity contribution in [1.29, 1.82) is 0 Å². The predicted molar refractivity (Wildman–Crippen MR) is 83.6 cm³/mol. The molecule has 0 fully saturated rings. The third kappa shape index (κ3) is 2.62. The number of hydrogen-bond acceptors (Lipinski definition) is 4. The van der Waals surface area contributed by atoms with Crippen molar-refractivity contribution in [2.45, 2.75) is 13.0 Å². The molecule has 1 atom stereocenters. The Balaban J connectivity index is 1.97. The quantitative estimate of drug-likeness (QED) is 0.759. The molecule has 3 heterocycles. The molecule has 3 nitrogen and oxygen atoms in total. The van der Waals surface area contributed by atoms with E-state index in [-0.39, 0.29) is 6.04 Å². The predicted octanol–water partition coefficient (Wildman–Crippen LogP) is 4.63. The van der Waals surface area contributed by atoms with E-state index in [1.807, 2.05) is 12.1 Å². The highest BCUT2D eigenvalue weighted by molar-refractivity contribution is 9.10. The first-order valence-electron chi connectivity index (χ1n) is 5.93. The molecule has 0 radical (unpaired) electrons. The van der Waals surface area contributed by atoms with Gasteiger partial charge in [0.25, 0.3) is 0 Å². The molecule has 5 heteroatoms. The maximum Gasteiger partial charge on any atom is 0.112 e. The van der Waals surface area contributed by atoms with Crippen LogP contribution in [0.5, 0.6) is 0 Å². The molecule has 3 aromatic heterocycles. The Hall–Kier alpha value is -1.46. The molecule has 1 N–H and O–H groups in total. The van der Waals surface area contributed by atoms with Gasteiger partial charge in [-0.2, -0.15) is 11.3 Å². The van der Waals surface area contributed by atoms with Gasteiger partial charge in [-0.1, -0.05) is 0 Å². The van der Waals surface area contributed by atoms with Gasteiger partial charge in [-0.25, -0.2) is 0 Å². The van der Waals surface area contributed by atoms with E-state index in [1.54, 1.807) is 23.7 Å². The molecule has 0 aliphatic carbocycles. The Morgan fingerprint density at radius 3 is 3.00 bits per heavy atom. The van der Waals surface area contributed by atoms with Gasteiger partial charge in [-0.05, 0) is 57.4 Å². The Morgan fingerprint density at radius 2 is 2.21 bits per heavy atom. The molecule has 0 aliphatic rings. The normalized spacial score (nSPS) is 12.5. The van der Waals surface area contributed by atoms with Crippen LogP contribution in [0.4, 0.5) is 5.69 Å². The smallest absolute Gasteiger partial charge is 0.112 e. The highest BCUT2D eigenvalue weighted by Gasteiger charge is 2.09. The van der Waals surface area contributed by atoms with Gasteiger partial charge in [0, 0.05) is 22.9 Å². The first kappa shape index (κ1) is 12.6. The number of rotatable bonds is 3. The molecule has 1 unspecified atom stereocenters. The molecule has 0 spiro atoms. The van der Waals surface area contributed by atoms with Crippen molar-refractivity contribution in [3.8, 4) is 0 Å². The van der Waals surface area contributed by atoms with Crippen LogP contribution in [0.1, 0.15) is 18.5 Å². The van der Waals surface area contributed by atoms with Crippen LogP contribution in [0.3, 0.4) is 0 Å². The van der Waals surface area contributed by atoms with Gasteiger partial charge in [-0.3, -0.25) is 9.97 Å². The maximum absolute atomic E-state index is 4.45. The molecule has 0 saturated carbocycles. The first-order valence-corrected chi connectivity index (χ1v) is 7.66. The number of aromatic nitrogens is 2. The Morgan fingerprint density at radius 1 is 1.32 bits per heavy atom. The van der Waals surface area contributed by atoms with Crippen LogP contribution in [-0.4, -0.2) is 9.97 Å². The standard InChI is InChI=1S/C14H12BrN3S/c1-9(10-3-5-19-8-10)18-12-2-4-16-13-6-11(15)7-17-14(12)13/h2-9H,1H3,(H,16,18). The number of nitrogens with zero attached hydrogens (tertiary/aromatic N) is 2. The van der Waals surface area contributed by atoms with E-state index in [0.29, 0.717) is 0 Å². The lowest BCUT2D eigenvalue weighted by molar-refractivity contribution is 0.891. The summed E-state index contributed by atoms with van der Waals surface area (Å²) in [6, 6.07) is 6.33. The lowest BCUT2D eigenvalue weighted by Crippen LogP contribution is -2.06. The average molecular weight is 334 g/mol. The fourth-order valence-corrected chi connectivity index (χ4v) is 3.03. The average Bonchev–Trinajstić information content (AvgIpc) is 2.92. The first-order chi connectivity index (χ1) is 9.24. The second kappa shape index (κ2) is 5.27. The number of pyridine rings is 2. The zero-order chi connectivity index (χ0) is 13.2. The summed E-state index contributed by atoms with van der Waals surface area (Å²) in [5.74, 6) is 0. The van der Waals surface area contributed by atoms with Gasteiger partial charge in [0.15, 0.2) is 0 Å². The van der Waals surface area contributed by atoms with Crippen LogP contribution in [0.25, 0.3) is 11.0 Å². The molecule has 0 aliphatic heterocycles. The van der Waals surface area contributed by atoms with Crippen molar-refractivity contribution < 1.29 is 0 Å². The highest BCUT2D eigenvalue weighted by Crippen LogP contribution is 2.26. The monoisotopic (exact) mass is 333 g/mol. The number of nitrogens with one attached hydrogen (secondary N) is 1. The molecule has 0 aromatic carbocycles. The lowest BCUT2D eigenvalue weighted by atomic mass is 10.1. The highest BCUT2D eigenvalue weighted by atomic mass is 79.9. The Kier molecular flexibility index (Phi) is 3.48. The number of fused-ring (bicyclic) bond motifs is 1. The number of halogens is 1. The van der Waals surface area contributed by atoms with Gasteiger partial charge < -0.3 is 5.32 Å². The molecule has 3 aromatic rings. The molecule has 3 rings (SSSR count). The van der Waals surface area contributed by atoms with Crippen molar-refractivity contribution in [1.82, 2.24) is 9.97 Å². The van der Waals surface area contributed by atoms with E-state index in [4.69, 9.17) is 0 Å². The summed E-state index contributed by atoms with van der Waals surface area (Å²) < 4.78 is 0.940. The van der Waals surface area contributed by atoms with Crippen molar-refractivity contribution >= 4 is 44.0 Å². The number of anilines is 1. The summed E-state index contributed by atoms with van der Waals surface area (Å²) in [6.45, 7) is 2.15. The van der Waals surface area contributed by atoms with Crippen molar-refractivity contribution in [2.24, 2.45) is 0 Å². The van der Waals surface area contributed by atoms with E-state index in [1.165, 1.54) is 5.56 Å². The van der Waals surface area contributed by atoms with Crippen LogP contribution in [0.15, 0.2) is 45.8 Å². The summed E-state index contributed by atoms with van der Waals surface area (Å²) in [5, 5.41) is 7.74. The largest absolute Gasteiger partial charge is 0.377 e. The van der Waals surface area contributed by atoms with Gasteiger partial charge in [0.1, 0.15) is 5.52 Å². The molecule has 0 amide bonds. The summed E-state index contributed by atoms with van der Waals surface area (Å²) in [7, 11) is 0. The van der Waals surface area contributed by atoms with Crippen molar-refractivity contribution in [3.05, 3.63) is 51.4 Å². The summed E-state index contributed by atoms with van der Waals surface area (Å²) in [5.41, 5.74) is 4.08. The van der Waals surface area contributed by atoms with E-state index in [0.717, 1.165) is 21.2 Å². The molecular weight excluding hydrogens is 322 g/mol. The molecule has 0 saturated heterocycles. The van der Waals surface area contributed by atoms with Gasteiger partial charge in [0.2, 0.25) is 0 Å². The number of hydrogen-bond donors (Lipinski definition) is 1. The van der Waals surface area contributed by atoms with Crippen LogP contribution in [-0.2, 0) is 0 Å². The van der Waals surface area contributed by atoms with Crippen LogP contribution >= 0.6 is 27.3 Å². The summed E-state index contributed by atoms with van der Waals surface area (Å²) in [6.07, 6.45) is 3.60. The molecule has 19 heavy (non-hydrogen) atoms. The fraction of sp³-hybridized carbons (Fsp3) is 0.143. The Bertz CT molecular complexity index is 697. The molecular formula is C14H12BrN3S. The lowest BCUT2D eigenvalue weighted by Gasteiger charge is -2.15. The van der Waals surface area contributed by atoms with E-state index in [9.17, 15) is 0 Å². The van der Waals surface area contributed by atoms with E-state index < -0.39 is 0 Å². The molecule has 0 bridgehead atoms. The third-order valence-electron chi connectivity index (χ3n) is 2.96. The summed E-state index contributed by atoms with van der Waals surface area (Å²) in [4.78, 5) is 8.79. The minimum absolute atomic E-state index is 0.252. The van der Waals surface area contributed by atoms with Crippen LogP contribution in [0, 0.1) is 0 Å². The van der Waals surface area contributed by atoms with Crippen LogP contribution in [0.2, 0.25) is 0 Å². The minimum atomic E-state index is 0.252. The van der Waals surface area contributed by atoms with Gasteiger partial charge >= 0.3 is 0 Å². The van der Waals surface area contributed by atoms with Crippen molar-refractivity contribution in [2.75, 3.05) is 5.32 Å². The number of thiophene rings is 1. The Labute approximate surface area is 123 Å². The van der Waals surface area contributed by atoms with Gasteiger partial charge in [0.05, 0.1) is 11.2 Å². The minimum Gasteiger partial charge on any atom is -0.377 e. The topological polar surface area (TPSA) is 37.8 Å². The fourth-order valence-electron chi connectivity index (χ4n) is 1.96. The third-order valence-corrected chi connectivity index (χ3v) is 4.09. The maximum atomic E-state index is 4.45. The molecule has 96 valence electrons. The second-order valence-corrected chi connectivity index (χ2v) is 6.00. The van der Waals surface area contributed by atoms with Crippen LogP contribution < -0.4 is 5.32 Å². The van der Waals surface area contributed by atoms with Crippen molar-refractivity contribution in [3.63, 3.8) is 0 Å². The second-order valence-electron chi connectivity index (χ2n) is 4.30. The van der Waals surface area contributed by atoms with E-state index >= 15 is 0 Å². The van der Waals surface area contributed by atoms with Gasteiger partial charge in [-0.15, -0.1) is 0 Å². The zero-order valence-corrected chi connectivity index (χ0v) is 12.7.